The smallest absolute Gasteiger partial charge is 0.416 e. The molecule has 0 saturated heterocycles. The number of hydrogen-bond donors (Lipinski definition) is 0. The van der Waals surface area contributed by atoms with Crippen LogP contribution in [0.3, 0.4) is 0 Å². The minimum absolute atomic E-state index is 0.0492. The highest BCUT2D eigenvalue weighted by Crippen LogP contribution is 2.36. The Balaban J connectivity index is 1.62. The van der Waals surface area contributed by atoms with Crippen molar-refractivity contribution in [2.45, 2.75) is 12.6 Å². The van der Waals surface area contributed by atoms with Crippen LogP contribution in [0.5, 0.6) is 11.5 Å². The van der Waals surface area contributed by atoms with Crippen LogP contribution in [0.2, 0.25) is 0 Å². The Morgan fingerprint density at radius 1 is 1.00 bits per heavy atom. The van der Waals surface area contributed by atoms with Crippen molar-refractivity contribution in [1.29, 1.82) is 0 Å². The molecule has 0 atom stereocenters. The van der Waals surface area contributed by atoms with Gasteiger partial charge in [0.2, 0.25) is 0 Å². The van der Waals surface area contributed by atoms with Gasteiger partial charge in [-0.15, -0.1) is 0 Å². The molecule has 2 aromatic heterocycles. The third-order valence-electron chi connectivity index (χ3n) is 4.79. The Labute approximate surface area is 169 Å². The molecule has 0 aliphatic carbocycles. The Bertz CT molecular complexity index is 1180. The predicted molar refractivity (Wildman–Crippen MR) is 105 cm³/mol. The highest BCUT2D eigenvalue weighted by atomic mass is 19.4. The first-order chi connectivity index (χ1) is 14.4. The van der Waals surface area contributed by atoms with Crippen LogP contribution < -0.4 is 4.74 Å². The number of aryl methyl sites for hydroxylation is 2. The van der Waals surface area contributed by atoms with E-state index in [2.05, 4.69) is 10.1 Å². The molecule has 0 unspecified atom stereocenters. The van der Waals surface area contributed by atoms with E-state index in [1.807, 2.05) is 0 Å². The summed E-state index contributed by atoms with van der Waals surface area (Å²) in [5, 5.41) is 4.91. The molecule has 0 aliphatic rings. The van der Waals surface area contributed by atoms with E-state index in [-0.39, 0.29) is 12.0 Å². The first kappa shape index (κ1) is 19.9. The number of aromatic nitrogens is 3. The van der Waals surface area contributed by atoms with E-state index >= 15 is 0 Å². The van der Waals surface area contributed by atoms with Gasteiger partial charge in [-0.3, -0.25) is 9.07 Å². The topological polar surface area (TPSA) is 39.9 Å². The van der Waals surface area contributed by atoms with E-state index in [1.165, 1.54) is 6.07 Å². The van der Waals surface area contributed by atoms with E-state index < -0.39 is 18.4 Å². The summed E-state index contributed by atoms with van der Waals surface area (Å²) in [6.45, 7) is -0.840. The molecule has 0 spiro atoms. The fourth-order valence-corrected chi connectivity index (χ4v) is 3.29. The number of halogens is 4. The first-order valence-electron chi connectivity index (χ1n) is 9.18. The number of benzene rings is 2. The van der Waals surface area contributed by atoms with Crippen molar-refractivity contribution in [2.75, 3.05) is 6.67 Å². The van der Waals surface area contributed by atoms with Gasteiger partial charge in [-0.2, -0.15) is 18.3 Å². The van der Waals surface area contributed by atoms with Gasteiger partial charge in [-0.05, 0) is 41.0 Å². The number of hydrogen-bond acceptors (Lipinski definition) is 3. The van der Waals surface area contributed by atoms with Crippen molar-refractivity contribution in [1.82, 2.24) is 14.8 Å². The zero-order chi connectivity index (χ0) is 21.3. The van der Waals surface area contributed by atoms with Crippen molar-refractivity contribution in [3.8, 4) is 22.6 Å². The van der Waals surface area contributed by atoms with Crippen molar-refractivity contribution < 1.29 is 22.3 Å². The van der Waals surface area contributed by atoms with Crippen LogP contribution in [0.25, 0.3) is 22.2 Å². The van der Waals surface area contributed by atoms with Crippen LogP contribution in [0.4, 0.5) is 17.6 Å². The number of alkyl halides is 4. The molecule has 8 heteroatoms. The maximum absolute atomic E-state index is 13.3. The third-order valence-corrected chi connectivity index (χ3v) is 4.79. The second-order valence-corrected chi connectivity index (χ2v) is 6.75. The van der Waals surface area contributed by atoms with Gasteiger partial charge in [-0.1, -0.05) is 24.3 Å². The minimum Gasteiger partial charge on any atom is -0.456 e. The van der Waals surface area contributed by atoms with Gasteiger partial charge in [0.05, 0.1) is 23.8 Å². The Morgan fingerprint density at radius 2 is 1.73 bits per heavy atom. The van der Waals surface area contributed by atoms with Gasteiger partial charge in [0.25, 0.3) is 0 Å². The molecule has 2 heterocycles. The summed E-state index contributed by atoms with van der Waals surface area (Å²) < 4.78 is 60.2. The lowest BCUT2D eigenvalue weighted by atomic mass is 9.97. The molecule has 154 valence electrons. The molecule has 0 amide bonds. The van der Waals surface area contributed by atoms with Crippen molar-refractivity contribution >= 4 is 11.0 Å². The first-order valence-corrected chi connectivity index (χ1v) is 9.18. The molecule has 0 bridgehead atoms. The van der Waals surface area contributed by atoms with Gasteiger partial charge < -0.3 is 4.74 Å². The van der Waals surface area contributed by atoms with E-state index in [9.17, 15) is 17.6 Å². The highest BCUT2D eigenvalue weighted by Gasteiger charge is 2.33. The maximum atomic E-state index is 13.3. The number of pyridine rings is 1. The summed E-state index contributed by atoms with van der Waals surface area (Å²) in [6.07, 6.45) is -1.54. The molecular formula is C22H17F4N3O. The van der Waals surface area contributed by atoms with Crippen molar-refractivity contribution in [3.05, 3.63) is 72.1 Å². The molecule has 0 fully saturated rings. The average molecular weight is 415 g/mol. The summed E-state index contributed by atoms with van der Waals surface area (Å²) in [5.41, 5.74) is 0.814. The molecule has 0 N–H and O–H groups in total. The minimum atomic E-state index is -4.54. The van der Waals surface area contributed by atoms with E-state index in [0.717, 1.165) is 11.5 Å². The standard InChI is InChI=1S/C22H17F4N3O/c1-29-21-18(13-28-29)20(9-11-27-21)30-17-6-4-14(5-7-17)16-3-2-15(8-10-23)19(12-16)22(24,25)26/h2-7,9,11-13H,8,10H2,1H3. The van der Waals surface area contributed by atoms with Crippen LogP contribution in [0, 0.1) is 0 Å². The third kappa shape index (κ3) is 3.85. The summed E-state index contributed by atoms with van der Waals surface area (Å²) in [7, 11) is 1.78. The molecule has 2 aromatic carbocycles. The highest BCUT2D eigenvalue weighted by molar-refractivity contribution is 5.81. The Kier molecular flexibility index (Phi) is 5.15. The SMILES string of the molecule is Cn1ncc2c(Oc3ccc(-c4ccc(CCF)c(C(F)(F)F)c4)cc3)ccnc21. The predicted octanol–water partition coefficient (Wildman–Crippen LogP) is 5.96. The van der Waals surface area contributed by atoms with E-state index in [1.54, 1.807) is 60.5 Å². The number of nitrogens with zero attached hydrogens (tertiary/aromatic N) is 3. The van der Waals surface area contributed by atoms with Crippen LogP contribution in [-0.2, 0) is 19.6 Å². The molecule has 4 nitrogen and oxygen atoms in total. The molecule has 30 heavy (non-hydrogen) atoms. The van der Waals surface area contributed by atoms with Crippen LogP contribution in [-0.4, -0.2) is 21.4 Å². The Morgan fingerprint density at radius 3 is 2.43 bits per heavy atom. The second kappa shape index (κ2) is 7.78. The zero-order valence-electron chi connectivity index (χ0n) is 15.9. The van der Waals surface area contributed by atoms with E-state index in [4.69, 9.17) is 4.74 Å². The zero-order valence-corrected chi connectivity index (χ0v) is 15.9. The number of fused-ring (bicyclic) bond motifs is 1. The molecular weight excluding hydrogens is 398 g/mol. The molecule has 0 aliphatic heterocycles. The summed E-state index contributed by atoms with van der Waals surface area (Å²) in [5.74, 6) is 1.11. The number of rotatable bonds is 5. The van der Waals surface area contributed by atoms with Gasteiger partial charge >= 0.3 is 6.18 Å². The monoisotopic (exact) mass is 415 g/mol. The lowest BCUT2D eigenvalue weighted by Crippen LogP contribution is -2.10. The lowest BCUT2D eigenvalue weighted by molar-refractivity contribution is -0.138. The summed E-state index contributed by atoms with van der Waals surface area (Å²) in [4.78, 5) is 4.25. The van der Waals surface area contributed by atoms with Gasteiger partial charge in [0, 0.05) is 19.7 Å². The van der Waals surface area contributed by atoms with Crippen molar-refractivity contribution in [3.63, 3.8) is 0 Å². The second-order valence-electron chi connectivity index (χ2n) is 6.75. The summed E-state index contributed by atoms with van der Waals surface area (Å²) in [6, 6.07) is 12.4. The fourth-order valence-electron chi connectivity index (χ4n) is 3.29. The van der Waals surface area contributed by atoms with Gasteiger partial charge in [0.15, 0.2) is 5.65 Å². The lowest BCUT2D eigenvalue weighted by Gasteiger charge is -2.14. The van der Waals surface area contributed by atoms with Gasteiger partial charge in [0.1, 0.15) is 11.5 Å². The van der Waals surface area contributed by atoms with E-state index in [0.29, 0.717) is 28.3 Å². The van der Waals surface area contributed by atoms with Gasteiger partial charge in [-0.25, -0.2) is 4.98 Å². The molecule has 0 saturated carbocycles. The van der Waals surface area contributed by atoms with Crippen LogP contribution in [0.15, 0.2) is 60.9 Å². The molecule has 0 radical (unpaired) electrons. The number of ether oxygens (including phenoxy) is 1. The molecule has 4 aromatic rings. The van der Waals surface area contributed by atoms with Crippen LogP contribution in [0.1, 0.15) is 11.1 Å². The van der Waals surface area contributed by atoms with Crippen molar-refractivity contribution in [2.24, 2.45) is 7.05 Å². The van der Waals surface area contributed by atoms with Crippen LogP contribution >= 0.6 is 0 Å². The fraction of sp³-hybridized carbons (Fsp3) is 0.182. The largest absolute Gasteiger partial charge is 0.456 e. The Hall–Kier alpha value is -3.42. The quantitative estimate of drug-likeness (QED) is 0.378. The molecule has 4 rings (SSSR count). The summed E-state index contributed by atoms with van der Waals surface area (Å²) >= 11 is 0. The normalized spacial score (nSPS) is 11.8. The average Bonchev–Trinajstić information content (AvgIpc) is 3.10. The maximum Gasteiger partial charge on any atom is 0.416 e.